The molecular weight excluding hydrogens is 336 g/mol. The summed E-state index contributed by atoms with van der Waals surface area (Å²) in [5, 5.41) is 5.07. The van der Waals surface area contributed by atoms with Crippen LogP contribution >= 0.6 is 0 Å². The van der Waals surface area contributed by atoms with Crippen LogP contribution in [0.15, 0.2) is 23.1 Å². The average molecular weight is 356 g/mol. The molecule has 0 spiro atoms. The van der Waals surface area contributed by atoms with Crippen molar-refractivity contribution in [2.45, 2.75) is 30.8 Å². The van der Waals surface area contributed by atoms with E-state index < -0.39 is 22.1 Å². The molecule has 8 nitrogen and oxygen atoms in total. The second kappa shape index (κ2) is 7.18. The van der Waals surface area contributed by atoms with E-state index in [1.807, 2.05) is 0 Å². The van der Waals surface area contributed by atoms with Crippen molar-refractivity contribution in [1.29, 1.82) is 0 Å². The number of benzene rings is 1. The lowest BCUT2D eigenvalue weighted by molar-refractivity contribution is -0.138. The van der Waals surface area contributed by atoms with Gasteiger partial charge in [0.05, 0.1) is 12.0 Å². The van der Waals surface area contributed by atoms with Crippen LogP contribution in [0.3, 0.4) is 0 Å². The van der Waals surface area contributed by atoms with Gasteiger partial charge in [0.2, 0.25) is 10.0 Å². The first-order valence-electron chi connectivity index (χ1n) is 7.44. The van der Waals surface area contributed by atoms with E-state index in [4.69, 9.17) is 14.6 Å². The fourth-order valence-corrected chi connectivity index (χ4v) is 3.03. The number of primary sulfonamides is 1. The van der Waals surface area contributed by atoms with Gasteiger partial charge in [-0.2, -0.15) is 0 Å². The third-order valence-corrected chi connectivity index (χ3v) is 4.68. The van der Waals surface area contributed by atoms with Crippen LogP contribution in [0.2, 0.25) is 0 Å². The second-order valence-electron chi connectivity index (χ2n) is 5.49. The highest BCUT2D eigenvalue weighted by atomic mass is 32.2. The minimum absolute atomic E-state index is 0.106. The Morgan fingerprint density at radius 2 is 1.88 bits per heavy atom. The lowest BCUT2D eigenvalue weighted by Gasteiger charge is -2.20. The number of nitrogens with zero attached hydrogens (tertiary/aromatic N) is 1. The van der Waals surface area contributed by atoms with E-state index >= 15 is 0 Å². The van der Waals surface area contributed by atoms with Crippen molar-refractivity contribution in [2.24, 2.45) is 5.14 Å². The quantitative estimate of drug-likeness (QED) is 0.769. The van der Waals surface area contributed by atoms with E-state index in [1.165, 1.54) is 26.2 Å². The van der Waals surface area contributed by atoms with Crippen LogP contribution in [0.25, 0.3) is 0 Å². The van der Waals surface area contributed by atoms with Gasteiger partial charge in [-0.3, -0.25) is 4.79 Å². The number of carbonyl (C=O) groups excluding carboxylic acids is 2. The number of hydrogen-bond acceptors (Lipinski definition) is 6. The first-order chi connectivity index (χ1) is 11.2. The highest BCUT2D eigenvalue weighted by Crippen LogP contribution is 2.23. The van der Waals surface area contributed by atoms with Crippen LogP contribution in [0.1, 0.15) is 30.1 Å². The summed E-state index contributed by atoms with van der Waals surface area (Å²) in [7, 11) is -2.65. The molecule has 0 radical (unpaired) electrons. The summed E-state index contributed by atoms with van der Waals surface area (Å²) in [5.74, 6) is -0.993. The zero-order chi connectivity index (χ0) is 17.9. The zero-order valence-electron chi connectivity index (χ0n) is 13.5. The summed E-state index contributed by atoms with van der Waals surface area (Å²) < 4.78 is 33.1. The number of likely N-dealkylation sites (tertiary alicyclic amines) is 1. The molecule has 9 heteroatoms. The molecule has 1 aromatic rings. The normalized spacial score (nSPS) is 15.9. The van der Waals surface area contributed by atoms with Crippen molar-refractivity contribution < 1.29 is 27.5 Å². The summed E-state index contributed by atoms with van der Waals surface area (Å²) in [6.07, 6.45) is 0.881. The van der Waals surface area contributed by atoms with Gasteiger partial charge in [-0.1, -0.05) is 0 Å². The number of sulfonamides is 1. The van der Waals surface area contributed by atoms with Gasteiger partial charge in [0.25, 0.3) is 5.91 Å². The molecule has 1 atom stereocenters. The monoisotopic (exact) mass is 356 g/mol. The smallest absolute Gasteiger partial charge is 0.342 e. The van der Waals surface area contributed by atoms with Crippen LogP contribution in [-0.2, 0) is 19.6 Å². The van der Waals surface area contributed by atoms with Crippen molar-refractivity contribution in [3.63, 3.8) is 0 Å². The van der Waals surface area contributed by atoms with Gasteiger partial charge < -0.3 is 14.4 Å². The van der Waals surface area contributed by atoms with E-state index in [1.54, 1.807) is 4.90 Å². The highest BCUT2D eigenvalue weighted by Gasteiger charge is 2.27. The number of carbonyl (C=O) groups is 2. The summed E-state index contributed by atoms with van der Waals surface area (Å²) >= 11 is 0. The second-order valence-corrected chi connectivity index (χ2v) is 7.05. The molecule has 24 heavy (non-hydrogen) atoms. The van der Waals surface area contributed by atoms with Gasteiger partial charge >= 0.3 is 5.97 Å². The van der Waals surface area contributed by atoms with Gasteiger partial charge in [0.15, 0.2) is 6.10 Å². The number of ether oxygens (including phenoxy) is 2. The molecule has 0 aromatic heterocycles. The topological polar surface area (TPSA) is 116 Å². The molecule has 1 aromatic carbocycles. The van der Waals surface area contributed by atoms with Crippen molar-refractivity contribution in [3.8, 4) is 5.75 Å². The Morgan fingerprint density at radius 3 is 2.42 bits per heavy atom. The fraction of sp³-hybridized carbons (Fsp3) is 0.467. The van der Waals surface area contributed by atoms with E-state index in [0.717, 1.165) is 18.9 Å². The molecule has 2 rings (SSSR count). The molecule has 0 saturated carbocycles. The zero-order valence-corrected chi connectivity index (χ0v) is 14.3. The maximum absolute atomic E-state index is 12.3. The number of amides is 1. The van der Waals surface area contributed by atoms with Gasteiger partial charge in [0, 0.05) is 13.1 Å². The SMILES string of the molecule is COc1ccc(S(N)(=O)=O)cc1C(=O)O[C@@H](C)C(=O)N1CCCC1. The molecule has 0 unspecified atom stereocenters. The van der Waals surface area contributed by atoms with E-state index in [0.29, 0.717) is 13.1 Å². The summed E-state index contributed by atoms with van der Waals surface area (Å²) in [6.45, 7) is 2.77. The highest BCUT2D eigenvalue weighted by molar-refractivity contribution is 7.89. The predicted octanol–water partition coefficient (Wildman–Crippen LogP) is 0.510. The van der Waals surface area contributed by atoms with Crippen molar-refractivity contribution >= 4 is 21.9 Å². The van der Waals surface area contributed by atoms with Crippen LogP contribution < -0.4 is 9.88 Å². The first-order valence-corrected chi connectivity index (χ1v) is 8.99. The Morgan fingerprint density at radius 1 is 1.25 bits per heavy atom. The molecule has 0 aliphatic carbocycles. The summed E-state index contributed by atoms with van der Waals surface area (Å²) in [4.78, 5) is 25.9. The molecule has 1 heterocycles. The molecular formula is C15H20N2O6S. The molecule has 1 aliphatic rings. The Hall–Kier alpha value is -2.13. The molecule has 132 valence electrons. The van der Waals surface area contributed by atoms with Crippen molar-refractivity contribution in [1.82, 2.24) is 4.90 Å². The molecule has 1 aliphatic heterocycles. The maximum atomic E-state index is 12.3. The van der Waals surface area contributed by atoms with Crippen LogP contribution in [-0.4, -0.2) is 51.5 Å². The molecule has 0 bridgehead atoms. The minimum Gasteiger partial charge on any atom is -0.496 e. The van der Waals surface area contributed by atoms with E-state index in [-0.39, 0.29) is 22.1 Å². The predicted molar refractivity (Wildman–Crippen MR) is 85.1 cm³/mol. The van der Waals surface area contributed by atoms with Crippen molar-refractivity contribution in [2.75, 3.05) is 20.2 Å². The fourth-order valence-electron chi connectivity index (χ4n) is 2.49. The molecule has 1 fully saturated rings. The van der Waals surface area contributed by atoms with Crippen molar-refractivity contribution in [3.05, 3.63) is 23.8 Å². The lowest BCUT2D eigenvalue weighted by Crippen LogP contribution is -2.38. The molecule has 1 amide bonds. The van der Waals surface area contributed by atoms with Crippen LogP contribution in [0.4, 0.5) is 0 Å². The van der Waals surface area contributed by atoms with Gasteiger partial charge in [-0.15, -0.1) is 0 Å². The minimum atomic E-state index is -3.98. The average Bonchev–Trinajstić information content (AvgIpc) is 3.06. The van der Waals surface area contributed by atoms with Crippen LogP contribution in [0, 0.1) is 0 Å². The third kappa shape index (κ3) is 4.04. The Bertz CT molecular complexity index is 740. The number of nitrogens with two attached hydrogens (primary N) is 1. The first kappa shape index (κ1) is 18.2. The van der Waals surface area contributed by atoms with E-state index in [2.05, 4.69) is 0 Å². The number of hydrogen-bond donors (Lipinski definition) is 1. The van der Waals surface area contributed by atoms with Gasteiger partial charge in [-0.05, 0) is 38.0 Å². The lowest BCUT2D eigenvalue weighted by atomic mass is 10.2. The Kier molecular flexibility index (Phi) is 5.45. The van der Waals surface area contributed by atoms with Gasteiger partial charge in [-0.25, -0.2) is 18.4 Å². The number of rotatable bonds is 5. The van der Waals surface area contributed by atoms with Gasteiger partial charge in [0.1, 0.15) is 11.3 Å². The van der Waals surface area contributed by atoms with E-state index in [9.17, 15) is 18.0 Å². The summed E-state index contributed by atoms with van der Waals surface area (Å²) in [6, 6.07) is 3.61. The summed E-state index contributed by atoms with van der Waals surface area (Å²) in [5.41, 5.74) is -0.106. The Labute approximate surface area is 140 Å². The van der Waals surface area contributed by atoms with Crippen LogP contribution in [0.5, 0.6) is 5.75 Å². The largest absolute Gasteiger partial charge is 0.496 e. The standard InChI is InChI=1S/C15H20N2O6S/c1-10(14(18)17-7-3-4-8-17)23-15(19)12-9-11(24(16,20)21)5-6-13(12)22-2/h5-6,9-10H,3-4,7-8H2,1-2H3,(H2,16,20,21)/t10-/m0/s1. The molecule has 2 N–H and O–H groups in total. The third-order valence-electron chi connectivity index (χ3n) is 3.77. The number of methoxy groups -OCH3 is 1. The molecule has 1 saturated heterocycles. The number of esters is 1. The maximum Gasteiger partial charge on any atom is 0.342 e. The Balaban J connectivity index is 2.20.